The molecule has 0 saturated carbocycles. The van der Waals surface area contributed by atoms with E-state index in [4.69, 9.17) is 5.73 Å². The van der Waals surface area contributed by atoms with Gasteiger partial charge in [0.1, 0.15) is 5.82 Å². The molecule has 0 radical (unpaired) electrons. The van der Waals surface area contributed by atoms with E-state index in [1.165, 1.54) is 0 Å². The monoisotopic (exact) mass is 310 g/mol. The van der Waals surface area contributed by atoms with Crippen molar-refractivity contribution in [3.05, 3.63) is 48.4 Å². The van der Waals surface area contributed by atoms with Crippen LogP contribution in [0.25, 0.3) is 11.3 Å². The van der Waals surface area contributed by atoms with Gasteiger partial charge < -0.3 is 16.0 Å². The number of hydrogen-bond donors (Lipinski definition) is 3. The number of hydrogen-bond acceptors (Lipinski definition) is 3. The Morgan fingerprint density at radius 3 is 2.91 bits per heavy atom. The number of nitrogens with zero attached hydrogens (tertiary/aromatic N) is 1. The minimum absolute atomic E-state index is 0.0486. The highest BCUT2D eigenvalue weighted by atomic mass is 16.2. The summed E-state index contributed by atoms with van der Waals surface area (Å²) in [6.07, 6.45) is 6.89. The summed E-state index contributed by atoms with van der Waals surface area (Å²) in [5.74, 6) is -0.436. The molecule has 0 unspecified atom stereocenters. The van der Waals surface area contributed by atoms with Crippen molar-refractivity contribution >= 4 is 17.5 Å². The lowest BCUT2D eigenvalue weighted by Gasteiger charge is -2.09. The number of primary amides is 1. The predicted molar refractivity (Wildman–Crippen MR) is 87.6 cm³/mol. The predicted octanol–water partition coefficient (Wildman–Crippen LogP) is 2.32. The lowest BCUT2D eigenvalue weighted by Crippen LogP contribution is -2.22. The number of carbonyl (C=O) groups is 2. The van der Waals surface area contributed by atoms with Crippen molar-refractivity contribution < 1.29 is 9.59 Å². The van der Waals surface area contributed by atoms with Crippen LogP contribution in [-0.2, 0) is 9.59 Å². The van der Waals surface area contributed by atoms with Crippen LogP contribution in [0.3, 0.4) is 0 Å². The van der Waals surface area contributed by atoms with E-state index in [0.717, 1.165) is 11.3 Å². The minimum Gasteiger partial charge on any atom is -0.369 e. The van der Waals surface area contributed by atoms with E-state index in [2.05, 4.69) is 15.3 Å². The number of carbonyl (C=O) groups excluding carboxylic acids is 2. The fourth-order valence-electron chi connectivity index (χ4n) is 2.62. The number of imidazole rings is 1. The Hall–Kier alpha value is -2.89. The molecule has 4 N–H and O–H groups in total. The van der Waals surface area contributed by atoms with Gasteiger partial charge >= 0.3 is 0 Å². The van der Waals surface area contributed by atoms with Crippen LogP contribution >= 0.6 is 0 Å². The van der Waals surface area contributed by atoms with Gasteiger partial charge in [0, 0.05) is 12.0 Å². The molecular formula is C17H18N4O2. The van der Waals surface area contributed by atoms with Crippen molar-refractivity contribution in [2.24, 2.45) is 5.73 Å². The molecule has 3 rings (SSSR count). The van der Waals surface area contributed by atoms with Gasteiger partial charge in [-0.05, 0) is 18.9 Å². The molecular weight excluding hydrogens is 292 g/mol. The van der Waals surface area contributed by atoms with Gasteiger partial charge in [0.2, 0.25) is 11.8 Å². The Kier molecular flexibility index (Phi) is 4.23. The van der Waals surface area contributed by atoms with E-state index < -0.39 is 11.8 Å². The van der Waals surface area contributed by atoms with Gasteiger partial charge in [0.05, 0.1) is 23.5 Å². The molecule has 6 nitrogen and oxygen atoms in total. The van der Waals surface area contributed by atoms with Crippen LogP contribution in [0.1, 0.15) is 31.0 Å². The molecule has 0 spiro atoms. The number of nitrogens with one attached hydrogen (secondary N) is 2. The van der Waals surface area contributed by atoms with Crippen molar-refractivity contribution in [3.63, 3.8) is 0 Å². The number of fused-ring (bicyclic) bond motifs is 4. The Bertz CT molecular complexity index is 763. The number of aromatic amines is 1. The quantitative estimate of drug-likeness (QED) is 0.704. The maximum absolute atomic E-state index is 12.0. The Labute approximate surface area is 133 Å². The Morgan fingerprint density at radius 1 is 1.26 bits per heavy atom. The summed E-state index contributed by atoms with van der Waals surface area (Å²) in [5, 5.41) is 2.92. The van der Waals surface area contributed by atoms with E-state index in [-0.39, 0.29) is 5.91 Å². The van der Waals surface area contributed by atoms with Crippen molar-refractivity contribution in [2.45, 2.75) is 25.2 Å². The molecule has 6 heteroatoms. The number of anilines is 1. The molecule has 23 heavy (non-hydrogen) atoms. The van der Waals surface area contributed by atoms with E-state index in [1.807, 2.05) is 36.4 Å². The summed E-state index contributed by atoms with van der Waals surface area (Å²) >= 11 is 0. The van der Waals surface area contributed by atoms with Gasteiger partial charge in [0.25, 0.3) is 0 Å². The number of para-hydroxylation sites is 1. The third kappa shape index (κ3) is 3.31. The third-order valence-corrected chi connectivity index (χ3v) is 3.84. The average molecular weight is 310 g/mol. The standard InChI is InChI=1S/C17H18N4O2/c18-16(23)12-7-2-1-3-9-15(22)20-13-8-5-4-6-11(13)14-10-19-17(12)21-14/h1-2,4-6,8,10,12H,3,7,9H2,(H2,18,23)(H,19,21)(H,20,22)/b2-1+/t12-/m1/s1. The topological polar surface area (TPSA) is 101 Å². The fraction of sp³-hybridized carbons (Fsp3) is 0.235. The number of nitrogens with two attached hydrogens (primary N) is 1. The second-order valence-electron chi connectivity index (χ2n) is 5.48. The fourth-order valence-corrected chi connectivity index (χ4v) is 2.62. The van der Waals surface area contributed by atoms with Gasteiger partial charge in [-0.25, -0.2) is 4.98 Å². The molecule has 0 fully saturated rings. The maximum Gasteiger partial charge on any atom is 0.228 e. The summed E-state index contributed by atoms with van der Waals surface area (Å²) in [4.78, 5) is 31.2. The highest BCUT2D eigenvalue weighted by Crippen LogP contribution is 2.29. The number of H-pyrrole nitrogens is 1. The van der Waals surface area contributed by atoms with Crippen molar-refractivity contribution in [1.29, 1.82) is 0 Å². The Balaban J connectivity index is 2.06. The first-order chi connectivity index (χ1) is 11.1. The second-order valence-corrected chi connectivity index (χ2v) is 5.48. The third-order valence-electron chi connectivity index (χ3n) is 3.84. The van der Waals surface area contributed by atoms with Gasteiger partial charge in [-0.15, -0.1) is 0 Å². The van der Waals surface area contributed by atoms with E-state index >= 15 is 0 Å². The molecule has 1 atom stereocenters. The van der Waals surface area contributed by atoms with Crippen molar-refractivity contribution in [1.82, 2.24) is 9.97 Å². The van der Waals surface area contributed by atoms with Crippen LogP contribution in [-0.4, -0.2) is 21.8 Å². The summed E-state index contributed by atoms with van der Waals surface area (Å²) in [5.41, 5.74) is 7.78. The first-order valence-electron chi connectivity index (χ1n) is 7.53. The van der Waals surface area contributed by atoms with Crippen LogP contribution in [0.15, 0.2) is 42.6 Å². The smallest absolute Gasteiger partial charge is 0.228 e. The molecule has 2 heterocycles. The molecule has 1 aliphatic heterocycles. The highest BCUT2D eigenvalue weighted by Gasteiger charge is 2.21. The van der Waals surface area contributed by atoms with Gasteiger partial charge in [0.15, 0.2) is 0 Å². The van der Waals surface area contributed by atoms with Gasteiger partial charge in [-0.2, -0.15) is 0 Å². The molecule has 2 bridgehead atoms. The van der Waals surface area contributed by atoms with Crippen LogP contribution in [0.5, 0.6) is 0 Å². The maximum atomic E-state index is 12.0. The van der Waals surface area contributed by atoms with Crippen LogP contribution in [0, 0.1) is 0 Å². The molecule has 1 aromatic carbocycles. The number of aromatic nitrogens is 2. The number of amides is 2. The first-order valence-corrected chi connectivity index (χ1v) is 7.53. The van der Waals surface area contributed by atoms with Crippen molar-refractivity contribution in [3.8, 4) is 11.3 Å². The summed E-state index contributed by atoms with van der Waals surface area (Å²) in [6.45, 7) is 0. The van der Waals surface area contributed by atoms with Crippen LogP contribution < -0.4 is 11.1 Å². The zero-order valence-corrected chi connectivity index (χ0v) is 12.6. The molecule has 0 saturated heterocycles. The molecule has 2 aromatic rings. The molecule has 1 aliphatic rings. The minimum atomic E-state index is -0.503. The van der Waals surface area contributed by atoms with E-state index in [0.29, 0.717) is 30.8 Å². The number of rotatable bonds is 1. The average Bonchev–Trinajstić information content (AvgIpc) is 3.00. The van der Waals surface area contributed by atoms with Gasteiger partial charge in [-0.1, -0.05) is 30.4 Å². The van der Waals surface area contributed by atoms with E-state index in [9.17, 15) is 9.59 Å². The van der Waals surface area contributed by atoms with Crippen LogP contribution in [0.2, 0.25) is 0 Å². The van der Waals surface area contributed by atoms with Crippen LogP contribution in [0.4, 0.5) is 5.69 Å². The number of benzene rings is 1. The molecule has 0 aliphatic carbocycles. The van der Waals surface area contributed by atoms with Crippen molar-refractivity contribution in [2.75, 3.05) is 5.32 Å². The molecule has 1 aromatic heterocycles. The summed E-state index contributed by atoms with van der Waals surface area (Å²) < 4.78 is 0. The SMILES string of the molecule is NC(=O)[C@H]1C/C=C/CCC(=O)Nc2ccccc2-c2cnc1[nH]2. The largest absolute Gasteiger partial charge is 0.369 e. The summed E-state index contributed by atoms with van der Waals surface area (Å²) in [6, 6.07) is 7.48. The lowest BCUT2D eigenvalue weighted by molar-refractivity contribution is -0.119. The second kappa shape index (κ2) is 6.48. The van der Waals surface area contributed by atoms with Gasteiger partial charge in [-0.3, -0.25) is 9.59 Å². The Morgan fingerprint density at radius 2 is 2.09 bits per heavy atom. The number of allylic oxidation sites excluding steroid dienone is 2. The normalized spacial score (nSPS) is 19.5. The summed E-state index contributed by atoms with van der Waals surface area (Å²) in [7, 11) is 0. The zero-order chi connectivity index (χ0) is 16.2. The zero-order valence-electron chi connectivity index (χ0n) is 12.6. The molecule has 118 valence electrons. The molecule has 2 amide bonds. The first kappa shape index (κ1) is 15.0. The highest BCUT2D eigenvalue weighted by molar-refractivity contribution is 5.95. The van der Waals surface area contributed by atoms with E-state index in [1.54, 1.807) is 6.20 Å². The lowest BCUT2D eigenvalue weighted by atomic mass is 10.0.